The van der Waals surface area contributed by atoms with Crippen molar-refractivity contribution in [2.45, 2.75) is 13.3 Å². The second-order valence-corrected chi connectivity index (χ2v) is 6.54. The average molecular weight is 378 g/mol. The summed E-state index contributed by atoms with van der Waals surface area (Å²) in [6, 6.07) is 9.65. The third kappa shape index (κ3) is 4.32. The van der Waals surface area contributed by atoms with E-state index in [1.165, 1.54) is 12.1 Å². The number of nitrogens with one attached hydrogen (secondary N) is 1. The first kappa shape index (κ1) is 18.2. The molecule has 5 nitrogen and oxygen atoms in total. The van der Waals surface area contributed by atoms with Crippen molar-refractivity contribution in [3.8, 4) is 5.75 Å². The predicted molar refractivity (Wildman–Crippen MR) is 94.9 cm³/mol. The Morgan fingerprint density at radius 3 is 2.88 bits per heavy atom. The van der Waals surface area contributed by atoms with E-state index in [0.717, 1.165) is 11.1 Å². The number of hydrogen-bond donors (Lipinski definition) is 1. The molecule has 3 rings (SSSR count). The number of rotatable bonds is 4. The Labute approximate surface area is 155 Å². The summed E-state index contributed by atoms with van der Waals surface area (Å²) in [5.41, 5.74) is 1.60. The number of ether oxygens (including phenoxy) is 2. The summed E-state index contributed by atoms with van der Waals surface area (Å²) in [6.45, 7) is 1.42. The van der Waals surface area contributed by atoms with Crippen LogP contribution >= 0.6 is 11.6 Å². The van der Waals surface area contributed by atoms with Crippen LogP contribution < -0.4 is 10.1 Å². The number of carbonyl (C=O) groups excluding carboxylic acids is 2. The van der Waals surface area contributed by atoms with Gasteiger partial charge in [-0.3, -0.25) is 9.59 Å². The molecule has 1 amide bonds. The zero-order valence-electron chi connectivity index (χ0n) is 14.1. The van der Waals surface area contributed by atoms with E-state index in [1.54, 1.807) is 31.2 Å². The molecule has 2 aromatic carbocycles. The van der Waals surface area contributed by atoms with Gasteiger partial charge in [-0.1, -0.05) is 17.7 Å². The van der Waals surface area contributed by atoms with Crippen LogP contribution in [-0.4, -0.2) is 25.1 Å². The molecule has 7 heteroatoms. The summed E-state index contributed by atoms with van der Waals surface area (Å²) in [5, 5.41) is 2.94. The van der Waals surface area contributed by atoms with Crippen LogP contribution in [0.4, 0.5) is 10.1 Å². The van der Waals surface area contributed by atoms with Crippen LogP contribution in [0.15, 0.2) is 36.4 Å². The predicted octanol–water partition coefficient (Wildman–Crippen LogP) is 3.52. The van der Waals surface area contributed by atoms with Gasteiger partial charge in [0.05, 0.1) is 11.6 Å². The van der Waals surface area contributed by atoms with Crippen molar-refractivity contribution in [1.29, 1.82) is 0 Å². The summed E-state index contributed by atoms with van der Waals surface area (Å²) in [7, 11) is 0. The maximum atomic E-state index is 13.7. The van der Waals surface area contributed by atoms with Crippen LogP contribution in [0.2, 0.25) is 5.02 Å². The highest BCUT2D eigenvalue weighted by Gasteiger charge is 2.28. The molecule has 0 spiro atoms. The van der Waals surface area contributed by atoms with Gasteiger partial charge in [-0.2, -0.15) is 0 Å². The normalized spacial score (nSPS) is 15.6. The van der Waals surface area contributed by atoms with Crippen molar-refractivity contribution in [1.82, 2.24) is 0 Å². The van der Waals surface area contributed by atoms with Gasteiger partial charge < -0.3 is 14.8 Å². The summed E-state index contributed by atoms with van der Waals surface area (Å²) in [6.07, 6.45) is 0.420. The van der Waals surface area contributed by atoms with E-state index >= 15 is 0 Å². The molecule has 26 heavy (non-hydrogen) atoms. The van der Waals surface area contributed by atoms with Crippen molar-refractivity contribution in [2.24, 2.45) is 5.92 Å². The quantitative estimate of drug-likeness (QED) is 0.828. The standard InChI is InChI=1S/C19H17ClFNO4/c1-11-2-4-16(15(21)6-11)22-18(23)10-26-19(24)13-7-12-8-14(20)3-5-17(12)25-9-13/h2-6,8,13H,7,9-10H2,1H3,(H,22,23)/t13-/m1/s1. The lowest BCUT2D eigenvalue weighted by Gasteiger charge is -2.24. The maximum Gasteiger partial charge on any atom is 0.313 e. The fourth-order valence-corrected chi connectivity index (χ4v) is 2.87. The van der Waals surface area contributed by atoms with E-state index < -0.39 is 30.2 Å². The number of anilines is 1. The van der Waals surface area contributed by atoms with Crippen LogP contribution in [0.25, 0.3) is 0 Å². The first-order chi connectivity index (χ1) is 12.4. The highest BCUT2D eigenvalue weighted by Crippen LogP contribution is 2.30. The number of esters is 1. The van der Waals surface area contributed by atoms with Gasteiger partial charge in [-0.15, -0.1) is 0 Å². The Kier molecular flexibility index (Phi) is 5.42. The van der Waals surface area contributed by atoms with Gasteiger partial charge in [0, 0.05) is 5.02 Å². The minimum atomic E-state index is -0.610. The average Bonchev–Trinajstić information content (AvgIpc) is 2.61. The van der Waals surface area contributed by atoms with E-state index in [4.69, 9.17) is 21.1 Å². The number of aryl methyl sites for hydroxylation is 1. The Morgan fingerprint density at radius 2 is 2.12 bits per heavy atom. The minimum Gasteiger partial charge on any atom is -0.492 e. The molecule has 0 aromatic heterocycles. The Bertz CT molecular complexity index is 855. The second-order valence-electron chi connectivity index (χ2n) is 6.10. The zero-order chi connectivity index (χ0) is 18.7. The van der Waals surface area contributed by atoms with Gasteiger partial charge >= 0.3 is 5.97 Å². The van der Waals surface area contributed by atoms with Crippen molar-refractivity contribution < 1.29 is 23.5 Å². The number of fused-ring (bicyclic) bond motifs is 1. The number of halogens is 2. The number of amides is 1. The third-order valence-corrected chi connectivity index (χ3v) is 4.24. The highest BCUT2D eigenvalue weighted by molar-refractivity contribution is 6.30. The number of carbonyl (C=O) groups is 2. The Hall–Kier alpha value is -2.60. The van der Waals surface area contributed by atoms with Gasteiger partial charge in [0.1, 0.15) is 18.2 Å². The van der Waals surface area contributed by atoms with Gasteiger partial charge in [-0.05, 0) is 54.8 Å². The lowest BCUT2D eigenvalue weighted by Crippen LogP contribution is -2.32. The molecule has 0 radical (unpaired) electrons. The topological polar surface area (TPSA) is 64.6 Å². The fraction of sp³-hybridized carbons (Fsp3) is 0.263. The van der Waals surface area contributed by atoms with Crippen molar-refractivity contribution in [2.75, 3.05) is 18.5 Å². The Balaban J connectivity index is 1.53. The molecular weight excluding hydrogens is 361 g/mol. The monoisotopic (exact) mass is 377 g/mol. The molecule has 0 unspecified atom stereocenters. The second kappa shape index (κ2) is 7.74. The fourth-order valence-electron chi connectivity index (χ4n) is 2.68. The van der Waals surface area contributed by atoms with Gasteiger partial charge in [0.25, 0.3) is 5.91 Å². The zero-order valence-corrected chi connectivity index (χ0v) is 14.8. The molecule has 1 N–H and O–H groups in total. The number of benzene rings is 2. The first-order valence-electron chi connectivity index (χ1n) is 8.06. The molecule has 2 aromatic rings. The van der Waals surface area contributed by atoms with Crippen molar-refractivity contribution in [3.63, 3.8) is 0 Å². The largest absolute Gasteiger partial charge is 0.492 e. The van der Waals surface area contributed by atoms with Gasteiger partial charge in [0.15, 0.2) is 6.61 Å². The smallest absolute Gasteiger partial charge is 0.313 e. The summed E-state index contributed by atoms with van der Waals surface area (Å²) in [4.78, 5) is 24.0. The van der Waals surface area contributed by atoms with Crippen LogP contribution in [0.5, 0.6) is 5.75 Å². The van der Waals surface area contributed by atoms with Crippen LogP contribution in [-0.2, 0) is 20.7 Å². The van der Waals surface area contributed by atoms with Gasteiger partial charge in [-0.25, -0.2) is 4.39 Å². The van der Waals surface area contributed by atoms with E-state index in [1.807, 2.05) is 0 Å². The van der Waals surface area contributed by atoms with Crippen LogP contribution in [0.1, 0.15) is 11.1 Å². The minimum absolute atomic E-state index is 0.0428. The van der Waals surface area contributed by atoms with Crippen molar-refractivity contribution in [3.05, 3.63) is 58.4 Å². The van der Waals surface area contributed by atoms with E-state index in [0.29, 0.717) is 17.2 Å². The molecule has 1 aliphatic rings. The Morgan fingerprint density at radius 1 is 1.31 bits per heavy atom. The maximum absolute atomic E-state index is 13.7. The van der Waals surface area contributed by atoms with E-state index in [-0.39, 0.29) is 12.3 Å². The molecule has 0 aliphatic carbocycles. The molecule has 136 valence electrons. The molecule has 1 heterocycles. The lowest BCUT2D eigenvalue weighted by molar-refractivity contribution is -0.152. The molecule has 1 atom stereocenters. The molecule has 1 aliphatic heterocycles. The molecule has 0 saturated heterocycles. The third-order valence-electron chi connectivity index (χ3n) is 4.01. The van der Waals surface area contributed by atoms with Crippen molar-refractivity contribution >= 4 is 29.2 Å². The summed E-state index contributed by atoms with van der Waals surface area (Å²) in [5.74, 6) is -1.54. The van der Waals surface area contributed by atoms with E-state index in [2.05, 4.69) is 5.32 Å². The first-order valence-corrected chi connectivity index (χ1v) is 8.44. The summed E-state index contributed by atoms with van der Waals surface area (Å²) < 4.78 is 24.3. The van der Waals surface area contributed by atoms with Crippen LogP contribution in [0.3, 0.4) is 0 Å². The van der Waals surface area contributed by atoms with Crippen LogP contribution in [0, 0.1) is 18.7 Å². The molecular formula is C19H17ClFNO4. The summed E-state index contributed by atoms with van der Waals surface area (Å²) >= 11 is 5.95. The lowest BCUT2D eigenvalue weighted by atomic mass is 9.97. The number of hydrogen-bond acceptors (Lipinski definition) is 4. The highest BCUT2D eigenvalue weighted by atomic mass is 35.5. The van der Waals surface area contributed by atoms with Gasteiger partial charge in [0.2, 0.25) is 0 Å². The SMILES string of the molecule is Cc1ccc(NC(=O)COC(=O)[C@H]2COc3ccc(Cl)cc3C2)c(F)c1. The molecule has 0 bridgehead atoms. The van der Waals surface area contributed by atoms with E-state index in [9.17, 15) is 14.0 Å². The molecule has 0 saturated carbocycles. The molecule has 0 fully saturated rings.